The molecular weight excluding hydrogens is 659 g/mol. The summed E-state index contributed by atoms with van der Waals surface area (Å²) in [6.45, 7) is 0.346. The Morgan fingerprint density at radius 1 is 0.980 bits per heavy atom. The first-order chi connectivity index (χ1) is 24.8. The van der Waals surface area contributed by atoms with Crippen molar-refractivity contribution in [2.75, 3.05) is 26.8 Å². The molecule has 2 N–H and O–H groups in total. The number of hydrogen-bond donors (Lipinski definition) is 2. The van der Waals surface area contributed by atoms with E-state index in [1.807, 2.05) is 6.07 Å². The van der Waals surface area contributed by atoms with Gasteiger partial charge in [0, 0.05) is 55.5 Å². The lowest BCUT2D eigenvalue weighted by atomic mass is 10.1. The molecule has 0 spiro atoms. The predicted octanol–water partition coefficient (Wildman–Crippen LogP) is 3.98. The number of rotatable bonds is 5. The number of benzene rings is 3. The van der Waals surface area contributed by atoms with Gasteiger partial charge in [-0.1, -0.05) is 29.4 Å². The summed E-state index contributed by atoms with van der Waals surface area (Å²) >= 11 is 0. The zero-order valence-electron chi connectivity index (χ0n) is 27.5. The van der Waals surface area contributed by atoms with Crippen LogP contribution in [-0.4, -0.2) is 76.7 Å². The second-order valence-electron chi connectivity index (χ2n) is 12.1. The summed E-state index contributed by atoms with van der Waals surface area (Å²) in [5, 5.41) is 9.76. The van der Waals surface area contributed by atoms with Crippen molar-refractivity contribution in [1.82, 2.24) is 30.7 Å². The van der Waals surface area contributed by atoms with E-state index in [1.54, 1.807) is 71.8 Å². The van der Waals surface area contributed by atoms with E-state index in [0.717, 1.165) is 5.56 Å². The Morgan fingerprint density at radius 2 is 1.84 bits per heavy atom. The fourth-order valence-corrected chi connectivity index (χ4v) is 5.97. The van der Waals surface area contributed by atoms with E-state index in [1.165, 1.54) is 19.4 Å². The maximum atomic E-state index is 14.2. The maximum absolute atomic E-state index is 14.2. The van der Waals surface area contributed by atoms with Gasteiger partial charge in [0.25, 0.3) is 11.8 Å². The van der Waals surface area contributed by atoms with Crippen molar-refractivity contribution in [2.45, 2.75) is 31.5 Å². The van der Waals surface area contributed by atoms with Gasteiger partial charge >= 0.3 is 0 Å². The second kappa shape index (κ2) is 14.7. The highest BCUT2D eigenvalue weighted by Crippen LogP contribution is 2.29. The van der Waals surface area contributed by atoms with Gasteiger partial charge in [0.05, 0.1) is 30.8 Å². The van der Waals surface area contributed by atoms with Crippen LogP contribution in [0, 0.1) is 5.82 Å². The SMILES string of the molecule is COc1cc2ccc1CNC(=O)COc1cccc(c1)-c1cncc(c1)C(=O)N[C@H]1CN(C(=O)CCc3nc(-c4ccccc4F)no3)C[C@@H]1O2. The maximum Gasteiger partial charge on any atom is 0.258 e. The largest absolute Gasteiger partial charge is 0.496 e. The number of pyridine rings is 1. The molecule has 0 radical (unpaired) electrons. The van der Waals surface area contributed by atoms with Crippen molar-refractivity contribution >= 4 is 17.7 Å². The monoisotopic (exact) mass is 692 g/mol. The zero-order chi connectivity index (χ0) is 35.3. The third kappa shape index (κ3) is 7.64. The van der Waals surface area contributed by atoms with Gasteiger partial charge in [-0.15, -0.1) is 0 Å². The van der Waals surface area contributed by atoms with Crippen molar-refractivity contribution in [1.29, 1.82) is 0 Å². The Bertz CT molecular complexity index is 2090. The molecule has 2 atom stereocenters. The van der Waals surface area contributed by atoms with Gasteiger partial charge in [0.2, 0.25) is 17.6 Å². The number of nitrogens with zero attached hydrogens (tertiary/aromatic N) is 4. The van der Waals surface area contributed by atoms with Crippen LogP contribution >= 0.6 is 0 Å². The lowest BCUT2D eigenvalue weighted by molar-refractivity contribution is -0.130. The number of fused-ring (bicyclic) bond motifs is 7. The van der Waals surface area contributed by atoms with E-state index in [2.05, 4.69) is 25.8 Å². The van der Waals surface area contributed by atoms with E-state index in [9.17, 15) is 18.8 Å². The van der Waals surface area contributed by atoms with Gasteiger partial charge < -0.3 is 34.3 Å². The van der Waals surface area contributed by atoms with Crippen molar-refractivity contribution in [3.8, 4) is 39.8 Å². The summed E-state index contributed by atoms with van der Waals surface area (Å²) in [5.74, 6) is 0.306. The highest BCUT2D eigenvalue weighted by atomic mass is 19.1. The zero-order valence-corrected chi connectivity index (χ0v) is 27.5. The molecule has 5 aromatic rings. The number of halogens is 1. The minimum Gasteiger partial charge on any atom is -0.496 e. The Balaban J connectivity index is 1.12. The molecule has 2 aromatic heterocycles. The van der Waals surface area contributed by atoms with Gasteiger partial charge in [0.15, 0.2) is 6.61 Å². The van der Waals surface area contributed by atoms with Gasteiger partial charge in [-0.25, -0.2) is 4.39 Å². The lowest BCUT2D eigenvalue weighted by Crippen LogP contribution is -2.45. The molecule has 51 heavy (non-hydrogen) atoms. The fourth-order valence-electron chi connectivity index (χ4n) is 5.97. The van der Waals surface area contributed by atoms with Crippen LogP contribution < -0.4 is 24.8 Å². The summed E-state index contributed by atoms with van der Waals surface area (Å²) in [7, 11) is 1.52. The molecule has 3 amide bonds. The van der Waals surface area contributed by atoms with Crippen LogP contribution in [0.3, 0.4) is 0 Å². The minimum absolute atomic E-state index is 0.0370. The molecule has 6 bridgehead atoms. The molecule has 0 aliphatic carbocycles. The molecule has 8 rings (SSSR count). The van der Waals surface area contributed by atoms with E-state index in [-0.39, 0.29) is 68.2 Å². The number of ether oxygens (including phenoxy) is 3. The van der Waals surface area contributed by atoms with E-state index in [0.29, 0.717) is 33.9 Å². The summed E-state index contributed by atoms with van der Waals surface area (Å²) in [5.41, 5.74) is 2.65. The molecule has 5 heterocycles. The fraction of sp³-hybridized carbons (Fsp3) is 0.243. The number of carbonyl (C=O) groups is 3. The summed E-state index contributed by atoms with van der Waals surface area (Å²) in [4.78, 5) is 49.9. The molecule has 3 aliphatic heterocycles. The molecule has 0 saturated carbocycles. The van der Waals surface area contributed by atoms with E-state index in [4.69, 9.17) is 18.7 Å². The van der Waals surface area contributed by atoms with Gasteiger partial charge in [0.1, 0.15) is 29.2 Å². The number of carbonyl (C=O) groups excluding carboxylic acids is 3. The number of aromatic nitrogens is 3. The molecular formula is C37H33FN6O7. The summed E-state index contributed by atoms with van der Waals surface area (Å²) in [6.07, 6.45) is 2.65. The average molecular weight is 693 g/mol. The lowest BCUT2D eigenvalue weighted by Gasteiger charge is -2.22. The first-order valence-corrected chi connectivity index (χ1v) is 16.3. The van der Waals surface area contributed by atoms with Crippen LogP contribution in [-0.2, 0) is 22.6 Å². The van der Waals surface area contributed by atoms with Gasteiger partial charge in [-0.3, -0.25) is 19.4 Å². The smallest absolute Gasteiger partial charge is 0.258 e. The van der Waals surface area contributed by atoms with E-state index >= 15 is 0 Å². The molecule has 13 nitrogen and oxygen atoms in total. The predicted molar refractivity (Wildman–Crippen MR) is 180 cm³/mol. The molecule has 260 valence electrons. The quantitative estimate of drug-likeness (QED) is 0.276. The topological polar surface area (TPSA) is 158 Å². The first-order valence-electron chi connectivity index (χ1n) is 16.3. The standard InChI is InChI=1S/C37H33FN6O7/c1-48-31-15-27-10-9-23(31)18-40-33(45)21-49-26-6-4-5-22(14-26)24-13-25(17-39-16-24)37(47)41-30-19-44(20-32(30)50-27)35(46)12-11-34-42-36(43-51-34)28-7-2-3-8-29(28)38/h2-10,13-17,30,32H,11-12,18-21H2,1H3,(H,40,45)(H,41,47)/t30-,32-/m0/s1. The number of hydrogen-bond acceptors (Lipinski definition) is 10. The third-order valence-corrected chi connectivity index (χ3v) is 8.63. The number of methoxy groups -OCH3 is 1. The van der Waals surface area contributed by atoms with Crippen molar-refractivity contribution in [3.63, 3.8) is 0 Å². The van der Waals surface area contributed by atoms with E-state index < -0.39 is 23.9 Å². The minimum atomic E-state index is -0.625. The summed E-state index contributed by atoms with van der Waals surface area (Å²) in [6, 6.07) is 19.6. The summed E-state index contributed by atoms with van der Waals surface area (Å²) < 4.78 is 37.2. The average Bonchev–Trinajstić information content (AvgIpc) is 3.79. The number of amides is 3. The Labute approximate surface area is 291 Å². The van der Waals surface area contributed by atoms with Crippen LogP contribution in [0.15, 0.2) is 89.7 Å². The van der Waals surface area contributed by atoms with Crippen LogP contribution in [0.1, 0.15) is 28.2 Å². The molecule has 14 heteroatoms. The van der Waals surface area contributed by atoms with Gasteiger partial charge in [-0.2, -0.15) is 4.98 Å². The molecule has 0 unspecified atom stereocenters. The second-order valence-corrected chi connectivity index (χ2v) is 12.1. The molecule has 1 saturated heterocycles. The highest BCUT2D eigenvalue weighted by molar-refractivity contribution is 5.95. The van der Waals surface area contributed by atoms with Crippen molar-refractivity contribution in [2.24, 2.45) is 0 Å². The molecule has 3 aliphatic rings. The van der Waals surface area contributed by atoms with Crippen molar-refractivity contribution in [3.05, 3.63) is 108 Å². The van der Waals surface area contributed by atoms with Crippen molar-refractivity contribution < 1.29 is 37.5 Å². The molecule has 1 fully saturated rings. The normalized spacial score (nSPS) is 17.4. The van der Waals surface area contributed by atoms with Crippen LogP contribution in [0.5, 0.6) is 17.2 Å². The Kier molecular flexibility index (Phi) is 9.55. The third-order valence-electron chi connectivity index (χ3n) is 8.63. The molecule has 3 aromatic carbocycles. The van der Waals surface area contributed by atoms with Gasteiger partial charge in [-0.05, 0) is 48.0 Å². The highest BCUT2D eigenvalue weighted by Gasteiger charge is 2.38. The number of aryl methyl sites for hydroxylation is 1. The van der Waals surface area contributed by atoms with Crippen LogP contribution in [0.25, 0.3) is 22.5 Å². The van der Waals surface area contributed by atoms with Crippen LogP contribution in [0.4, 0.5) is 4.39 Å². The number of nitrogens with one attached hydrogen (secondary N) is 2. The first kappa shape index (κ1) is 33.2. The Hall–Kier alpha value is -6.31. The Morgan fingerprint density at radius 3 is 2.71 bits per heavy atom. The van der Waals surface area contributed by atoms with Crippen LogP contribution in [0.2, 0.25) is 0 Å². The number of likely N-dealkylation sites (tertiary alicyclic amines) is 1.